The predicted octanol–water partition coefficient (Wildman–Crippen LogP) is 2.82. The van der Waals surface area contributed by atoms with Crippen LogP contribution in [0, 0.1) is 0 Å². The van der Waals surface area contributed by atoms with Crippen LogP contribution >= 0.6 is 0 Å². The number of rotatable bonds is 5. The SMILES string of the molecule is NCC1(NC(=O)c2cccc(NC(=O)c3ccc4nc[nH]c4c3)c2)CCCC1. The summed E-state index contributed by atoms with van der Waals surface area (Å²) in [4.78, 5) is 32.4. The molecule has 1 aliphatic rings. The summed E-state index contributed by atoms with van der Waals surface area (Å²) in [6, 6.07) is 12.2. The standard InChI is InChI=1S/C21H23N5O2/c22-12-21(8-1-2-9-21)26-20(28)14-4-3-5-16(10-14)25-19(27)15-6-7-17-18(11-15)24-13-23-17/h3-7,10-11,13H,1-2,8-9,12,22H2,(H,23,24)(H,25,27)(H,26,28). The summed E-state index contributed by atoms with van der Waals surface area (Å²) in [6.45, 7) is 0.436. The molecule has 0 atom stereocenters. The number of carbonyl (C=O) groups excluding carboxylic acids is 2. The number of nitrogens with one attached hydrogen (secondary N) is 3. The Labute approximate surface area is 162 Å². The molecule has 0 saturated heterocycles. The number of carbonyl (C=O) groups is 2. The number of benzene rings is 2. The lowest BCUT2D eigenvalue weighted by atomic mass is 9.97. The molecule has 0 aliphatic heterocycles. The normalized spacial score (nSPS) is 15.5. The maximum Gasteiger partial charge on any atom is 0.255 e. The van der Waals surface area contributed by atoms with Gasteiger partial charge in [-0.3, -0.25) is 9.59 Å². The topological polar surface area (TPSA) is 113 Å². The van der Waals surface area contributed by atoms with Gasteiger partial charge in [0.25, 0.3) is 11.8 Å². The van der Waals surface area contributed by atoms with Crippen molar-refractivity contribution in [3.8, 4) is 0 Å². The Hall–Kier alpha value is -3.19. The molecule has 1 fully saturated rings. The summed E-state index contributed by atoms with van der Waals surface area (Å²) >= 11 is 0. The Morgan fingerprint density at radius 3 is 2.64 bits per heavy atom. The van der Waals surface area contributed by atoms with E-state index < -0.39 is 0 Å². The van der Waals surface area contributed by atoms with Gasteiger partial charge in [0.2, 0.25) is 0 Å². The number of amides is 2. The van der Waals surface area contributed by atoms with E-state index in [1.807, 2.05) is 0 Å². The second-order valence-corrected chi connectivity index (χ2v) is 7.32. The zero-order valence-electron chi connectivity index (χ0n) is 15.5. The molecule has 2 aromatic carbocycles. The zero-order chi connectivity index (χ0) is 19.6. The van der Waals surface area contributed by atoms with Gasteiger partial charge in [-0.25, -0.2) is 4.98 Å². The van der Waals surface area contributed by atoms with Gasteiger partial charge in [-0.05, 0) is 49.2 Å². The van der Waals surface area contributed by atoms with Crippen molar-refractivity contribution in [3.05, 3.63) is 59.9 Å². The molecule has 0 radical (unpaired) electrons. The second-order valence-electron chi connectivity index (χ2n) is 7.32. The van der Waals surface area contributed by atoms with E-state index >= 15 is 0 Å². The van der Waals surface area contributed by atoms with Gasteiger partial charge in [-0.15, -0.1) is 0 Å². The van der Waals surface area contributed by atoms with Crippen LogP contribution in [0.5, 0.6) is 0 Å². The van der Waals surface area contributed by atoms with Crippen LogP contribution in [0.2, 0.25) is 0 Å². The predicted molar refractivity (Wildman–Crippen MR) is 108 cm³/mol. The summed E-state index contributed by atoms with van der Waals surface area (Å²) in [5, 5.41) is 5.95. The molecule has 144 valence electrons. The summed E-state index contributed by atoms with van der Waals surface area (Å²) in [5.74, 6) is -0.411. The molecule has 7 nitrogen and oxygen atoms in total. The Morgan fingerprint density at radius 1 is 1.07 bits per heavy atom. The summed E-state index contributed by atoms with van der Waals surface area (Å²) < 4.78 is 0. The van der Waals surface area contributed by atoms with Crippen molar-refractivity contribution in [2.45, 2.75) is 31.2 Å². The van der Waals surface area contributed by atoms with Crippen molar-refractivity contribution in [2.24, 2.45) is 5.73 Å². The molecule has 3 aromatic rings. The third-order valence-corrected chi connectivity index (χ3v) is 5.40. The smallest absolute Gasteiger partial charge is 0.255 e. The van der Waals surface area contributed by atoms with E-state index in [0.717, 1.165) is 36.7 Å². The van der Waals surface area contributed by atoms with Crippen molar-refractivity contribution in [3.63, 3.8) is 0 Å². The molecule has 5 N–H and O–H groups in total. The van der Waals surface area contributed by atoms with Gasteiger partial charge in [0.1, 0.15) is 0 Å². The van der Waals surface area contributed by atoms with Crippen LogP contribution in [0.4, 0.5) is 5.69 Å². The molecule has 28 heavy (non-hydrogen) atoms. The highest BCUT2D eigenvalue weighted by molar-refractivity contribution is 6.06. The highest BCUT2D eigenvalue weighted by atomic mass is 16.2. The van der Waals surface area contributed by atoms with E-state index in [4.69, 9.17) is 5.73 Å². The second kappa shape index (κ2) is 7.44. The van der Waals surface area contributed by atoms with Gasteiger partial charge >= 0.3 is 0 Å². The van der Waals surface area contributed by atoms with Crippen LogP contribution in [-0.4, -0.2) is 33.9 Å². The van der Waals surface area contributed by atoms with Crippen LogP contribution in [0.1, 0.15) is 46.4 Å². The molecule has 1 heterocycles. The number of H-pyrrole nitrogens is 1. The third-order valence-electron chi connectivity index (χ3n) is 5.40. The lowest BCUT2D eigenvalue weighted by Crippen LogP contribution is -2.51. The molecule has 1 aliphatic carbocycles. The summed E-state index contributed by atoms with van der Waals surface area (Å²) in [7, 11) is 0. The highest BCUT2D eigenvalue weighted by Crippen LogP contribution is 2.29. The number of imidazole rings is 1. The first-order chi connectivity index (χ1) is 13.6. The van der Waals surface area contributed by atoms with Crippen LogP contribution in [0.15, 0.2) is 48.8 Å². The quantitative estimate of drug-likeness (QED) is 0.547. The Morgan fingerprint density at radius 2 is 1.86 bits per heavy atom. The van der Waals surface area contributed by atoms with Crippen molar-refractivity contribution >= 4 is 28.5 Å². The van der Waals surface area contributed by atoms with Crippen LogP contribution < -0.4 is 16.4 Å². The average molecular weight is 377 g/mol. The molecule has 0 bridgehead atoms. The number of hydrogen-bond acceptors (Lipinski definition) is 4. The zero-order valence-corrected chi connectivity index (χ0v) is 15.5. The van der Waals surface area contributed by atoms with E-state index in [9.17, 15) is 9.59 Å². The minimum atomic E-state index is -0.310. The number of nitrogens with zero attached hydrogens (tertiary/aromatic N) is 1. The van der Waals surface area contributed by atoms with E-state index in [0.29, 0.717) is 23.4 Å². The van der Waals surface area contributed by atoms with Gasteiger partial charge in [-0.1, -0.05) is 18.9 Å². The van der Waals surface area contributed by atoms with Gasteiger partial charge in [0.05, 0.1) is 22.9 Å². The first kappa shape index (κ1) is 18.2. The van der Waals surface area contributed by atoms with Crippen LogP contribution in [-0.2, 0) is 0 Å². The Bertz CT molecular complexity index is 1020. The number of fused-ring (bicyclic) bond motifs is 1. The third kappa shape index (κ3) is 3.61. The van der Waals surface area contributed by atoms with Gasteiger partial charge in [0.15, 0.2) is 0 Å². The van der Waals surface area contributed by atoms with Crippen LogP contribution in [0.25, 0.3) is 11.0 Å². The van der Waals surface area contributed by atoms with Gasteiger partial charge < -0.3 is 21.4 Å². The monoisotopic (exact) mass is 377 g/mol. The maximum atomic E-state index is 12.7. The fraction of sp³-hybridized carbons (Fsp3) is 0.286. The number of aromatic nitrogens is 2. The van der Waals surface area contributed by atoms with Crippen molar-refractivity contribution in [1.82, 2.24) is 15.3 Å². The number of anilines is 1. The minimum Gasteiger partial charge on any atom is -0.345 e. The lowest BCUT2D eigenvalue weighted by molar-refractivity contribution is 0.0902. The fourth-order valence-electron chi connectivity index (χ4n) is 3.76. The molecular formula is C21H23N5O2. The minimum absolute atomic E-state index is 0.165. The molecule has 7 heteroatoms. The fourth-order valence-corrected chi connectivity index (χ4v) is 3.76. The van der Waals surface area contributed by atoms with E-state index in [1.54, 1.807) is 48.8 Å². The largest absolute Gasteiger partial charge is 0.345 e. The van der Waals surface area contributed by atoms with Crippen molar-refractivity contribution < 1.29 is 9.59 Å². The molecule has 4 rings (SSSR count). The molecule has 1 saturated carbocycles. The molecule has 1 aromatic heterocycles. The van der Waals surface area contributed by atoms with Crippen molar-refractivity contribution in [2.75, 3.05) is 11.9 Å². The summed E-state index contributed by atoms with van der Waals surface area (Å²) in [5.41, 5.74) is 8.78. The number of nitrogens with two attached hydrogens (primary N) is 1. The Kier molecular flexibility index (Phi) is 4.83. The molecular weight excluding hydrogens is 354 g/mol. The van der Waals surface area contributed by atoms with Crippen molar-refractivity contribution in [1.29, 1.82) is 0 Å². The lowest BCUT2D eigenvalue weighted by Gasteiger charge is -2.28. The highest BCUT2D eigenvalue weighted by Gasteiger charge is 2.34. The first-order valence-electron chi connectivity index (χ1n) is 9.46. The first-order valence-corrected chi connectivity index (χ1v) is 9.46. The summed E-state index contributed by atoms with van der Waals surface area (Å²) in [6.07, 6.45) is 5.55. The number of hydrogen-bond donors (Lipinski definition) is 4. The molecule has 0 unspecified atom stereocenters. The van der Waals surface area contributed by atoms with Gasteiger partial charge in [-0.2, -0.15) is 0 Å². The molecule has 2 amide bonds. The Balaban J connectivity index is 1.48. The van der Waals surface area contributed by atoms with E-state index in [1.165, 1.54) is 0 Å². The maximum absolute atomic E-state index is 12.7. The molecule has 0 spiro atoms. The number of aromatic amines is 1. The van der Waals surface area contributed by atoms with Crippen LogP contribution in [0.3, 0.4) is 0 Å². The van der Waals surface area contributed by atoms with E-state index in [-0.39, 0.29) is 17.4 Å². The average Bonchev–Trinajstić information content (AvgIpc) is 3.37. The van der Waals surface area contributed by atoms with E-state index in [2.05, 4.69) is 20.6 Å². The van der Waals surface area contributed by atoms with Gasteiger partial charge in [0, 0.05) is 23.4 Å².